The maximum atomic E-state index is 11.9. The molecular weight excluding hydrogens is 256 g/mol. The lowest BCUT2D eigenvalue weighted by Crippen LogP contribution is -2.30. The highest BCUT2D eigenvalue weighted by molar-refractivity contribution is 7.92. The standard InChI is InChI=1S/C11H14N2O4S/c1-13(2)11(15)10(14)8-6-4-5-7-9(8)12-18(3,16)17/h4-7,12H,1-3H3. The Morgan fingerprint density at radius 2 is 1.72 bits per heavy atom. The Hall–Kier alpha value is -1.89. The minimum atomic E-state index is -3.51. The summed E-state index contributed by atoms with van der Waals surface area (Å²) in [7, 11) is -0.604. The first-order valence-corrected chi connectivity index (χ1v) is 6.94. The highest BCUT2D eigenvalue weighted by Gasteiger charge is 2.21. The van der Waals surface area contributed by atoms with Crippen LogP contribution in [0, 0.1) is 0 Å². The summed E-state index contributed by atoms with van der Waals surface area (Å²) < 4.78 is 24.5. The van der Waals surface area contributed by atoms with Crippen molar-refractivity contribution in [1.82, 2.24) is 4.90 Å². The largest absolute Gasteiger partial charge is 0.342 e. The van der Waals surface area contributed by atoms with Gasteiger partial charge in [0.25, 0.3) is 11.7 Å². The Morgan fingerprint density at radius 1 is 1.17 bits per heavy atom. The van der Waals surface area contributed by atoms with Crippen molar-refractivity contribution < 1.29 is 18.0 Å². The van der Waals surface area contributed by atoms with E-state index in [-0.39, 0.29) is 11.3 Å². The number of carbonyl (C=O) groups is 2. The van der Waals surface area contributed by atoms with Crippen LogP contribution in [0.1, 0.15) is 10.4 Å². The molecule has 1 rings (SSSR count). The molecule has 0 radical (unpaired) electrons. The van der Waals surface area contributed by atoms with Crippen molar-refractivity contribution in [2.45, 2.75) is 0 Å². The van der Waals surface area contributed by atoms with Crippen molar-refractivity contribution in [2.75, 3.05) is 25.1 Å². The molecule has 1 aromatic rings. The summed E-state index contributed by atoms with van der Waals surface area (Å²) in [5, 5.41) is 0. The molecule has 0 aromatic heterocycles. The number of hydrogen-bond donors (Lipinski definition) is 1. The Kier molecular flexibility index (Phi) is 4.07. The molecule has 0 aliphatic rings. The van der Waals surface area contributed by atoms with Gasteiger partial charge in [-0.3, -0.25) is 14.3 Å². The molecule has 0 aliphatic carbocycles. The summed E-state index contributed by atoms with van der Waals surface area (Å²) in [5.41, 5.74) is 0.127. The van der Waals surface area contributed by atoms with Crippen molar-refractivity contribution >= 4 is 27.4 Å². The van der Waals surface area contributed by atoms with E-state index in [4.69, 9.17) is 0 Å². The number of hydrogen-bond acceptors (Lipinski definition) is 4. The number of amides is 1. The summed E-state index contributed by atoms with van der Waals surface area (Å²) in [6.45, 7) is 0. The number of sulfonamides is 1. The highest BCUT2D eigenvalue weighted by Crippen LogP contribution is 2.17. The molecule has 6 nitrogen and oxygen atoms in total. The second kappa shape index (κ2) is 5.18. The Morgan fingerprint density at radius 3 is 2.22 bits per heavy atom. The second-order valence-electron chi connectivity index (χ2n) is 3.95. The monoisotopic (exact) mass is 270 g/mol. The Bertz CT molecular complexity index is 578. The van der Waals surface area contributed by atoms with Gasteiger partial charge in [-0.25, -0.2) is 8.42 Å². The van der Waals surface area contributed by atoms with E-state index in [1.54, 1.807) is 12.1 Å². The fraction of sp³-hybridized carbons (Fsp3) is 0.273. The smallest absolute Gasteiger partial charge is 0.294 e. The van der Waals surface area contributed by atoms with Gasteiger partial charge in [-0.1, -0.05) is 12.1 Å². The van der Waals surface area contributed by atoms with Crippen LogP contribution in [0.3, 0.4) is 0 Å². The third-order valence-electron chi connectivity index (χ3n) is 2.07. The fourth-order valence-corrected chi connectivity index (χ4v) is 1.87. The average molecular weight is 270 g/mol. The highest BCUT2D eigenvalue weighted by atomic mass is 32.2. The maximum absolute atomic E-state index is 11.9. The first-order valence-electron chi connectivity index (χ1n) is 5.05. The number of anilines is 1. The van der Waals surface area contributed by atoms with Crippen molar-refractivity contribution in [2.24, 2.45) is 0 Å². The molecule has 1 N–H and O–H groups in total. The van der Waals surface area contributed by atoms with Crippen LogP contribution in [-0.2, 0) is 14.8 Å². The lowest BCUT2D eigenvalue weighted by molar-refractivity contribution is -0.124. The number of Topliss-reactive ketones (excluding diaryl/α,β-unsaturated/α-hetero) is 1. The lowest BCUT2D eigenvalue weighted by atomic mass is 10.1. The molecule has 1 aromatic carbocycles. The summed E-state index contributed by atoms with van der Waals surface area (Å²) >= 11 is 0. The number of ketones is 1. The van der Waals surface area contributed by atoms with Crippen LogP contribution in [-0.4, -0.2) is 45.4 Å². The Balaban J connectivity index is 3.18. The van der Waals surface area contributed by atoms with Crippen LogP contribution >= 0.6 is 0 Å². The van der Waals surface area contributed by atoms with E-state index in [9.17, 15) is 18.0 Å². The molecule has 18 heavy (non-hydrogen) atoms. The quantitative estimate of drug-likeness (QED) is 0.631. The summed E-state index contributed by atoms with van der Waals surface area (Å²) in [6.07, 6.45) is 0.974. The fourth-order valence-electron chi connectivity index (χ4n) is 1.29. The zero-order valence-electron chi connectivity index (χ0n) is 10.3. The summed E-state index contributed by atoms with van der Waals surface area (Å²) in [4.78, 5) is 24.6. The van der Waals surface area contributed by atoms with Crippen LogP contribution < -0.4 is 4.72 Å². The van der Waals surface area contributed by atoms with Crippen LogP contribution in [0.15, 0.2) is 24.3 Å². The van der Waals surface area contributed by atoms with Gasteiger partial charge >= 0.3 is 0 Å². The molecule has 1 amide bonds. The van der Waals surface area contributed by atoms with E-state index in [1.807, 2.05) is 0 Å². The SMILES string of the molecule is CN(C)C(=O)C(=O)c1ccccc1NS(C)(=O)=O. The van der Waals surface area contributed by atoms with Gasteiger partial charge in [-0.2, -0.15) is 0 Å². The Labute approximate surface area is 106 Å². The number of rotatable bonds is 4. The zero-order chi connectivity index (χ0) is 13.9. The molecule has 0 atom stereocenters. The van der Waals surface area contributed by atoms with Crippen molar-refractivity contribution in [1.29, 1.82) is 0 Å². The molecule has 7 heteroatoms. The summed E-state index contributed by atoms with van der Waals surface area (Å²) in [6, 6.07) is 5.96. The number of benzene rings is 1. The third kappa shape index (κ3) is 3.56. The first-order chi connectivity index (χ1) is 8.22. The third-order valence-corrected chi connectivity index (χ3v) is 2.66. The minimum absolute atomic E-state index is 0.0293. The average Bonchev–Trinajstić information content (AvgIpc) is 2.25. The zero-order valence-corrected chi connectivity index (χ0v) is 11.1. The van der Waals surface area contributed by atoms with Crippen LogP contribution in [0.2, 0.25) is 0 Å². The van der Waals surface area contributed by atoms with E-state index in [0.717, 1.165) is 11.2 Å². The first kappa shape index (κ1) is 14.2. The van der Waals surface area contributed by atoms with Crippen molar-refractivity contribution in [3.8, 4) is 0 Å². The molecule has 98 valence electrons. The minimum Gasteiger partial charge on any atom is -0.342 e. The normalized spacial score (nSPS) is 10.8. The molecule has 0 fully saturated rings. The number of para-hydroxylation sites is 1. The number of nitrogens with zero attached hydrogens (tertiary/aromatic N) is 1. The van der Waals surface area contributed by atoms with E-state index in [0.29, 0.717) is 0 Å². The van der Waals surface area contributed by atoms with Gasteiger partial charge in [-0.15, -0.1) is 0 Å². The molecule has 0 unspecified atom stereocenters. The van der Waals surface area contributed by atoms with Crippen molar-refractivity contribution in [3.63, 3.8) is 0 Å². The van der Waals surface area contributed by atoms with E-state index >= 15 is 0 Å². The van der Waals surface area contributed by atoms with Crippen LogP contribution in [0.5, 0.6) is 0 Å². The molecule has 0 bridgehead atoms. The molecule has 0 saturated heterocycles. The van der Waals surface area contributed by atoms with Gasteiger partial charge in [0.15, 0.2) is 0 Å². The molecular formula is C11H14N2O4S. The predicted molar refractivity (Wildman–Crippen MR) is 67.9 cm³/mol. The van der Waals surface area contributed by atoms with Crippen molar-refractivity contribution in [3.05, 3.63) is 29.8 Å². The van der Waals surface area contributed by atoms with Gasteiger partial charge in [-0.05, 0) is 12.1 Å². The van der Waals surface area contributed by atoms with Gasteiger partial charge in [0.2, 0.25) is 10.0 Å². The van der Waals surface area contributed by atoms with Crippen LogP contribution in [0.4, 0.5) is 5.69 Å². The predicted octanol–water partition coefficient (Wildman–Crippen LogP) is 0.329. The van der Waals surface area contributed by atoms with Gasteiger partial charge in [0.1, 0.15) is 0 Å². The molecule has 0 heterocycles. The van der Waals surface area contributed by atoms with Gasteiger partial charge in [0.05, 0.1) is 17.5 Å². The number of carbonyl (C=O) groups excluding carboxylic acids is 2. The second-order valence-corrected chi connectivity index (χ2v) is 5.70. The number of likely N-dealkylation sites (N-methyl/N-ethyl adjacent to an activating group) is 1. The molecule has 0 saturated carbocycles. The van der Waals surface area contributed by atoms with E-state index in [1.165, 1.54) is 26.2 Å². The molecule has 0 aliphatic heterocycles. The van der Waals surface area contributed by atoms with Gasteiger partial charge in [0, 0.05) is 14.1 Å². The van der Waals surface area contributed by atoms with Crippen LogP contribution in [0.25, 0.3) is 0 Å². The maximum Gasteiger partial charge on any atom is 0.294 e. The van der Waals surface area contributed by atoms with E-state index in [2.05, 4.69) is 4.72 Å². The topological polar surface area (TPSA) is 83.6 Å². The summed E-state index contributed by atoms with van der Waals surface area (Å²) in [5.74, 6) is -1.47. The van der Waals surface area contributed by atoms with Gasteiger partial charge < -0.3 is 4.90 Å². The molecule has 0 spiro atoms. The van der Waals surface area contributed by atoms with E-state index < -0.39 is 21.7 Å². The number of nitrogens with one attached hydrogen (secondary N) is 1. The lowest BCUT2D eigenvalue weighted by Gasteiger charge is -2.12.